The Balaban J connectivity index is 2.22. The summed E-state index contributed by atoms with van der Waals surface area (Å²) >= 11 is 0. The zero-order valence-electron chi connectivity index (χ0n) is 11.8. The van der Waals surface area contributed by atoms with E-state index in [-0.39, 0.29) is 18.7 Å². The maximum absolute atomic E-state index is 11.8. The Hall–Kier alpha value is -1.50. The molecule has 1 rings (SSSR count). The van der Waals surface area contributed by atoms with Crippen LogP contribution >= 0.6 is 0 Å². The maximum atomic E-state index is 11.8. The normalized spacial score (nSPS) is 19.3. The summed E-state index contributed by atoms with van der Waals surface area (Å²) in [5.74, 6) is 0. The van der Waals surface area contributed by atoms with E-state index in [0.717, 1.165) is 6.42 Å². The van der Waals surface area contributed by atoms with Crippen molar-refractivity contribution in [2.24, 2.45) is 5.73 Å². The molecular formula is C12H23N3O4. The summed E-state index contributed by atoms with van der Waals surface area (Å²) in [6, 6.07) is 0.198. The minimum absolute atomic E-state index is 0.198. The van der Waals surface area contributed by atoms with E-state index in [0.29, 0.717) is 19.6 Å². The topological polar surface area (TPSA) is 93.9 Å². The molecule has 0 bridgehead atoms. The van der Waals surface area contributed by atoms with Gasteiger partial charge in [-0.1, -0.05) is 0 Å². The van der Waals surface area contributed by atoms with Crippen LogP contribution in [0.15, 0.2) is 0 Å². The summed E-state index contributed by atoms with van der Waals surface area (Å²) in [4.78, 5) is 23.9. The molecule has 0 aromatic heterocycles. The average Bonchev–Trinajstić information content (AvgIpc) is 2.70. The van der Waals surface area contributed by atoms with Crippen LogP contribution in [0, 0.1) is 0 Å². The van der Waals surface area contributed by atoms with Gasteiger partial charge in [0.2, 0.25) is 0 Å². The van der Waals surface area contributed by atoms with Crippen molar-refractivity contribution in [3.05, 3.63) is 0 Å². The number of hydrogen-bond donors (Lipinski definition) is 2. The van der Waals surface area contributed by atoms with E-state index < -0.39 is 11.7 Å². The second-order valence-electron chi connectivity index (χ2n) is 5.53. The van der Waals surface area contributed by atoms with Crippen molar-refractivity contribution in [2.75, 3.05) is 26.2 Å². The molecule has 2 amide bonds. The Labute approximate surface area is 113 Å². The fourth-order valence-electron chi connectivity index (χ4n) is 1.83. The Morgan fingerprint density at radius 1 is 1.42 bits per heavy atom. The molecule has 0 aromatic rings. The molecule has 7 heteroatoms. The lowest BCUT2D eigenvalue weighted by atomic mass is 10.2. The standard InChI is InChI=1S/C12H23N3O4/c1-12(2,3)19-11(17)15-6-4-9(8-15)14-5-7-18-10(13)16/h9,14H,4-8H2,1-3H3,(H2,13,16). The maximum Gasteiger partial charge on any atom is 0.410 e. The molecule has 0 spiro atoms. The molecule has 1 heterocycles. The van der Waals surface area contributed by atoms with E-state index in [1.54, 1.807) is 4.90 Å². The minimum Gasteiger partial charge on any atom is -0.448 e. The lowest BCUT2D eigenvalue weighted by Gasteiger charge is -2.24. The smallest absolute Gasteiger partial charge is 0.410 e. The highest BCUT2D eigenvalue weighted by Crippen LogP contribution is 2.15. The van der Waals surface area contributed by atoms with Crippen LogP contribution in [0.5, 0.6) is 0 Å². The predicted octanol–water partition coefficient (Wildman–Crippen LogP) is 0.681. The Kier molecular flexibility index (Phi) is 5.41. The fraction of sp³-hybridized carbons (Fsp3) is 0.833. The molecule has 7 nitrogen and oxygen atoms in total. The number of carbonyl (C=O) groups excluding carboxylic acids is 2. The molecule has 0 aromatic carbocycles. The second-order valence-corrected chi connectivity index (χ2v) is 5.53. The monoisotopic (exact) mass is 273 g/mol. The van der Waals surface area contributed by atoms with E-state index in [2.05, 4.69) is 10.1 Å². The highest BCUT2D eigenvalue weighted by atomic mass is 16.6. The number of rotatable bonds is 4. The van der Waals surface area contributed by atoms with Gasteiger partial charge in [0.15, 0.2) is 0 Å². The van der Waals surface area contributed by atoms with Crippen LogP contribution < -0.4 is 11.1 Å². The highest BCUT2D eigenvalue weighted by Gasteiger charge is 2.29. The second kappa shape index (κ2) is 6.60. The summed E-state index contributed by atoms with van der Waals surface area (Å²) in [7, 11) is 0. The van der Waals surface area contributed by atoms with Crippen molar-refractivity contribution >= 4 is 12.2 Å². The number of primary amides is 1. The van der Waals surface area contributed by atoms with Crippen molar-refractivity contribution in [1.29, 1.82) is 0 Å². The Morgan fingerprint density at radius 3 is 2.68 bits per heavy atom. The van der Waals surface area contributed by atoms with Crippen molar-refractivity contribution < 1.29 is 19.1 Å². The zero-order valence-corrected chi connectivity index (χ0v) is 11.8. The van der Waals surface area contributed by atoms with Gasteiger partial charge in [0.1, 0.15) is 12.2 Å². The quantitative estimate of drug-likeness (QED) is 0.735. The predicted molar refractivity (Wildman–Crippen MR) is 69.8 cm³/mol. The van der Waals surface area contributed by atoms with Gasteiger partial charge in [-0.2, -0.15) is 0 Å². The highest BCUT2D eigenvalue weighted by molar-refractivity contribution is 5.68. The SMILES string of the molecule is CC(C)(C)OC(=O)N1CCC(NCCOC(N)=O)C1. The number of amides is 2. The van der Waals surface area contributed by atoms with Crippen LogP contribution in [-0.4, -0.2) is 55.0 Å². The number of hydrogen-bond acceptors (Lipinski definition) is 5. The number of nitrogens with one attached hydrogen (secondary N) is 1. The molecule has 1 aliphatic rings. The first-order chi connectivity index (χ1) is 8.78. The summed E-state index contributed by atoms with van der Waals surface area (Å²) < 4.78 is 9.91. The van der Waals surface area contributed by atoms with Crippen LogP contribution in [0.3, 0.4) is 0 Å². The molecule has 1 unspecified atom stereocenters. The van der Waals surface area contributed by atoms with Gasteiger partial charge in [-0.05, 0) is 27.2 Å². The van der Waals surface area contributed by atoms with Crippen molar-refractivity contribution in [3.63, 3.8) is 0 Å². The van der Waals surface area contributed by atoms with E-state index in [1.807, 2.05) is 20.8 Å². The van der Waals surface area contributed by atoms with Crippen LogP contribution in [0.1, 0.15) is 27.2 Å². The number of nitrogens with two attached hydrogens (primary N) is 1. The van der Waals surface area contributed by atoms with Gasteiger partial charge in [-0.25, -0.2) is 9.59 Å². The van der Waals surface area contributed by atoms with Crippen molar-refractivity contribution in [3.8, 4) is 0 Å². The van der Waals surface area contributed by atoms with Crippen molar-refractivity contribution in [2.45, 2.75) is 38.8 Å². The third kappa shape index (κ3) is 6.28. The number of carbonyl (C=O) groups is 2. The molecular weight excluding hydrogens is 250 g/mol. The number of likely N-dealkylation sites (tertiary alicyclic amines) is 1. The van der Waals surface area contributed by atoms with E-state index in [9.17, 15) is 9.59 Å². The van der Waals surface area contributed by atoms with Gasteiger partial charge >= 0.3 is 12.2 Å². The van der Waals surface area contributed by atoms with Gasteiger partial charge < -0.3 is 25.4 Å². The molecule has 0 radical (unpaired) electrons. The van der Waals surface area contributed by atoms with Gasteiger partial charge in [0.25, 0.3) is 0 Å². The molecule has 1 fully saturated rings. The average molecular weight is 273 g/mol. The molecule has 19 heavy (non-hydrogen) atoms. The molecule has 3 N–H and O–H groups in total. The lowest BCUT2D eigenvalue weighted by Crippen LogP contribution is -2.39. The molecule has 1 atom stereocenters. The Bertz CT molecular complexity index is 327. The molecule has 1 saturated heterocycles. The first-order valence-electron chi connectivity index (χ1n) is 6.41. The molecule has 0 aliphatic carbocycles. The summed E-state index contributed by atoms with van der Waals surface area (Å²) in [5, 5.41) is 3.20. The molecule has 110 valence electrons. The first-order valence-corrected chi connectivity index (χ1v) is 6.41. The molecule has 1 aliphatic heterocycles. The lowest BCUT2D eigenvalue weighted by molar-refractivity contribution is 0.0291. The van der Waals surface area contributed by atoms with E-state index in [1.165, 1.54) is 0 Å². The fourth-order valence-corrected chi connectivity index (χ4v) is 1.83. The largest absolute Gasteiger partial charge is 0.448 e. The minimum atomic E-state index is -0.774. The van der Waals surface area contributed by atoms with Gasteiger partial charge in [-0.15, -0.1) is 0 Å². The zero-order chi connectivity index (χ0) is 14.5. The van der Waals surface area contributed by atoms with Gasteiger partial charge in [-0.3, -0.25) is 0 Å². The van der Waals surface area contributed by atoms with Gasteiger partial charge in [0, 0.05) is 25.7 Å². The third-order valence-corrected chi connectivity index (χ3v) is 2.62. The van der Waals surface area contributed by atoms with Crippen LogP contribution in [0.25, 0.3) is 0 Å². The summed E-state index contributed by atoms with van der Waals surface area (Å²) in [6.07, 6.45) is -0.204. The van der Waals surface area contributed by atoms with Crippen LogP contribution in [-0.2, 0) is 9.47 Å². The van der Waals surface area contributed by atoms with Crippen LogP contribution in [0.4, 0.5) is 9.59 Å². The third-order valence-electron chi connectivity index (χ3n) is 2.62. The van der Waals surface area contributed by atoms with Crippen LogP contribution in [0.2, 0.25) is 0 Å². The summed E-state index contributed by atoms with van der Waals surface area (Å²) in [6.45, 7) is 7.57. The summed E-state index contributed by atoms with van der Waals surface area (Å²) in [5.41, 5.74) is 4.37. The first kappa shape index (κ1) is 15.6. The molecule has 0 saturated carbocycles. The number of nitrogens with zero attached hydrogens (tertiary/aromatic N) is 1. The number of ether oxygens (including phenoxy) is 2. The van der Waals surface area contributed by atoms with Crippen molar-refractivity contribution in [1.82, 2.24) is 10.2 Å². The van der Waals surface area contributed by atoms with E-state index in [4.69, 9.17) is 10.5 Å². The Morgan fingerprint density at radius 2 is 2.11 bits per heavy atom. The van der Waals surface area contributed by atoms with Gasteiger partial charge in [0.05, 0.1) is 0 Å². The van der Waals surface area contributed by atoms with E-state index >= 15 is 0 Å².